The first-order valence-corrected chi connectivity index (χ1v) is 8.03. The number of nitrogens with zero attached hydrogens (tertiary/aromatic N) is 2. The van der Waals surface area contributed by atoms with Crippen molar-refractivity contribution in [2.24, 2.45) is 4.99 Å². The largest absolute Gasteiger partial charge is 0.492 e. The smallest absolute Gasteiger partial charge is 0.191 e. The molecule has 0 radical (unpaired) electrons. The number of aliphatic imine (C=N–C) groups is 1. The molecule has 2 N–H and O–H groups in total. The molecule has 0 aromatic heterocycles. The fourth-order valence-corrected chi connectivity index (χ4v) is 1.77. The van der Waals surface area contributed by atoms with E-state index in [-0.39, 0.29) is 24.0 Å². The van der Waals surface area contributed by atoms with Crippen LogP contribution in [-0.2, 0) is 0 Å². The predicted octanol–water partition coefficient (Wildman–Crippen LogP) is 2.58. The summed E-state index contributed by atoms with van der Waals surface area (Å²) in [6.07, 6.45) is 0. The lowest BCUT2D eigenvalue weighted by atomic mass is 10.3. The molecule has 0 spiro atoms. The molecule has 0 heterocycles. The topological polar surface area (TPSA) is 48.9 Å². The lowest BCUT2D eigenvalue weighted by molar-refractivity contribution is 0.282. The molecule has 132 valence electrons. The molecule has 0 amide bonds. The zero-order valence-corrected chi connectivity index (χ0v) is 17.0. The Kier molecular flexibility index (Phi) is 12.8. The number of guanidine groups is 1. The first kappa shape index (κ1) is 22.0. The Labute approximate surface area is 157 Å². The highest BCUT2D eigenvalue weighted by Gasteiger charge is 2.02. The molecule has 1 aromatic rings. The van der Waals surface area contributed by atoms with Crippen LogP contribution in [0.4, 0.5) is 0 Å². The number of benzene rings is 1. The molecular formula is C17H31IN4O. The summed E-state index contributed by atoms with van der Waals surface area (Å²) >= 11 is 0. The average Bonchev–Trinajstić information content (AvgIpc) is 2.52. The molecule has 23 heavy (non-hydrogen) atoms. The first-order chi connectivity index (χ1) is 10.6. The quantitative estimate of drug-likeness (QED) is 0.272. The van der Waals surface area contributed by atoms with Crippen molar-refractivity contribution in [3.8, 4) is 5.75 Å². The lowest BCUT2D eigenvalue weighted by Crippen LogP contribution is -2.40. The second kappa shape index (κ2) is 13.4. The van der Waals surface area contributed by atoms with Gasteiger partial charge in [-0.3, -0.25) is 4.99 Å². The molecule has 6 heteroatoms. The van der Waals surface area contributed by atoms with Gasteiger partial charge in [0.2, 0.25) is 0 Å². The van der Waals surface area contributed by atoms with E-state index in [1.807, 2.05) is 30.3 Å². The zero-order valence-electron chi connectivity index (χ0n) is 14.7. The van der Waals surface area contributed by atoms with Gasteiger partial charge < -0.3 is 20.3 Å². The van der Waals surface area contributed by atoms with E-state index in [2.05, 4.69) is 48.3 Å². The molecule has 5 nitrogen and oxygen atoms in total. The molecule has 0 fully saturated rings. The highest BCUT2D eigenvalue weighted by molar-refractivity contribution is 14.0. The highest BCUT2D eigenvalue weighted by Crippen LogP contribution is 2.07. The van der Waals surface area contributed by atoms with Gasteiger partial charge in [-0.1, -0.05) is 18.2 Å². The number of rotatable bonds is 9. The van der Waals surface area contributed by atoms with Crippen LogP contribution in [0.3, 0.4) is 0 Å². The summed E-state index contributed by atoms with van der Waals surface area (Å²) in [5, 5.41) is 6.54. The average molecular weight is 434 g/mol. The number of likely N-dealkylation sites (N-methyl/N-ethyl adjacent to an activating group) is 1. The van der Waals surface area contributed by atoms with Crippen LogP contribution in [-0.4, -0.2) is 56.7 Å². The fraction of sp³-hybridized carbons (Fsp3) is 0.588. The number of hydrogen-bond donors (Lipinski definition) is 2. The number of ether oxygens (including phenoxy) is 1. The van der Waals surface area contributed by atoms with Gasteiger partial charge in [0.15, 0.2) is 5.96 Å². The van der Waals surface area contributed by atoms with Gasteiger partial charge in [-0.15, -0.1) is 24.0 Å². The molecule has 0 aliphatic rings. The Bertz CT molecular complexity index is 426. The minimum atomic E-state index is 0. The van der Waals surface area contributed by atoms with Crippen molar-refractivity contribution in [1.29, 1.82) is 0 Å². The van der Waals surface area contributed by atoms with Crippen molar-refractivity contribution in [1.82, 2.24) is 15.5 Å². The van der Waals surface area contributed by atoms with E-state index >= 15 is 0 Å². The van der Waals surface area contributed by atoms with Gasteiger partial charge in [-0.05, 0) is 40.0 Å². The summed E-state index contributed by atoms with van der Waals surface area (Å²) in [5.74, 6) is 1.74. The van der Waals surface area contributed by atoms with Crippen LogP contribution in [0.5, 0.6) is 5.75 Å². The molecular weight excluding hydrogens is 403 g/mol. The molecule has 1 rings (SSSR count). The van der Waals surface area contributed by atoms with E-state index in [0.717, 1.165) is 37.9 Å². The second-order valence-electron chi connectivity index (χ2n) is 5.42. The van der Waals surface area contributed by atoms with Crippen LogP contribution < -0.4 is 15.4 Å². The summed E-state index contributed by atoms with van der Waals surface area (Å²) in [4.78, 5) is 6.86. The van der Waals surface area contributed by atoms with E-state index < -0.39 is 0 Å². The summed E-state index contributed by atoms with van der Waals surface area (Å²) in [7, 11) is 2.12. The zero-order chi connectivity index (χ0) is 16.2. The van der Waals surface area contributed by atoms with Crippen molar-refractivity contribution in [3.63, 3.8) is 0 Å². The Morgan fingerprint density at radius 1 is 1.22 bits per heavy atom. The van der Waals surface area contributed by atoms with E-state index in [9.17, 15) is 0 Å². The Balaban J connectivity index is 0.00000484. The third kappa shape index (κ3) is 10.4. The molecule has 0 atom stereocenters. The maximum atomic E-state index is 5.66. The van der Waals surface area contributed by atoms with E-state index in [0.29, 0.717) is 12.6 Å². The van der Waals surface area contributed by atoms with Gasteiger partial charge in [-0.25, -0.2) is 0 Å². The third-order valence-corrected chi connectivity index (χ3v) is 3.35. The minimum absolute atomic E-state index is 0. The SMILES string of the molecule is CCNC(=NCCN(C)C(C)C)NCCOc1ccccc1.I. The van der Waals surface area contributed by atoms with Crippen molar-refractivity contribution in [2.75, 3.05) is 39.8 Å². The maximum Gasteiger partial charge on any atom is 0.191 e. The predicted molar refractivity (Wildman–Crippen MR) is 109 cm³/mol. The van der Waals surface area contributed by atoms with Crippen LogP contribution in [0.25, 0.3) is 0 Å². The molecule has 0 aliphatic carbocycles. The van der Waals surface area contributed by atoms with E-state index in [4.69, 9.17) is 4.74 Å². The maximum absolute atomic E-state index is 5.66. The molecule has 0 bridgehead atoms. The monoisotopic (exact) mass is 434 g/mol. The number of halogens is 1. The molecule has 0 aliphatic heterocycles. The van der Waals surface area contributed by atoms with Crippen molar-refractivity contribution in [2.45, 2.75) is 26.8 Å². The van der Waals surface area contributed by atoms with E-state index in [1.165, 1.54) is 0 Å². The van der Waals surface area contributed by atoms with Gasteiger partial charge in [0.1, 0.15) is 12.4 Å². The highest BCUT2D eigenvalue weighted by atomic mass is 127. The first-order valence-electron chi connectivity index (χ1n) is 8.03. The van der Waals surface area contributed by atoms with Crippen LogP contribution in [0, 0.1) is 0 Å². The summed E-state index contributed by atoms with van der Waals surface area (Å²) in [6, 6.07) is 10.4. The van der Waals surface area contributed by atoms with Crippen molar-refractivity contribution >= 4 is 29.9 Å². The molecule has 0 saturated carbocycles. The van der Waals surface area contributed by atoms with E-state index in [1.54, 1.807) is 0 Å². The number of para-hydroxylation sites is 1. The molecule has 1 aromatic carbocycles. The van der Waals surface area contributed by atoms with Crippen molar-refractivity contribution < 1.29 is 4.74 Å². The third-order valence-electron chi connectivity index (χ3n) is 3.35. The normalized spacial score (nSPS) is 11.3. The number of hydrogen-bond acceptors (Lipinski definition) is 3. The Hall–Kier alpha value is -1.02. The second-order valence-corrected chi connectivity index (χ2v) is 5.42. The summed E-state index contributed by atoms with van der Waals surface area (Å²) in [5.41, 5.74) is 0. The van der Waals surface area contributed by atoms with Gasteiger partial charge >= 0.3 is 0 Å². The summed E-state index contributed by atoms with van der Waals surface area (Å²) < 4.78 is 5.66. The molecule has 0 saturated heterocycles. The van der Waals surface area contributed by atoms with Crippen LogP contribution in [0.2, 0.25) is 0 Å². The standard InChI is InChI=1S/C17H30N4O.HI/c1-5-18-17(19-11-13-21(4)15(2)3)20-12-14-22-16-9-7-6-8-10-16;/h6-10,15H,5,11-14H2,1-4H3,(H2,18,19,20);1H. The van der Waals surface area contributed by atoms with Gasteiger partial charge in [0, 0.05) is 19.1 Å². The van der Waals surface area contributed by atoms with Gasteiger partial charge in [0.05, 0.1) is 13.1 Å². The minimum Gasteiger partial charge on any atom is -0.492 e. The van der Waals surface area contributed by atoms with Gasteiger partial charge in [-0.2, -0.15) is 0 Å². The molecule has 0 unspecified atom stereocenters. The number of nitrogens with one attached hydrogen (secondary N) is 2. The van der Waals surface area contributed by atoms with Crippen LogP contribution >= 0.6 is 24.0 Å². The van der Waals surface area contributed by atoms with Crippen molar-refractivity contribution in [3.05, 3.63) is 30.3 Å². The van der Waals surface area contributed by atoms with Gasteiger partial charge in [0.25, 0.3) is 0 Å². The lowest BCUT2D eigenvalue weighted by Gasteiger charge is -2.20. The fourth-order valence-electron chi connectivity index (χ4n) is 1.77. The Morgan fingerprint density at radius 3 is 2.52 bits per heavy atom. The van der Waals surface area contributed by atoms with Crippen LogP contribution in [0.1, 0.15) is 20.8 Å². The van der Waals surface area contributed by atoms with Crippen LogP contribution in [0.15, 0.2) is 35.3 Å². The Morgan fingerprint density at radius 2 is 1.91 bits per heavy atom. The summed E-state index contributed by atoms with van der Waals surface area (Å²) in [6.45, 7) is 10.4.